The predicted molar refractivity (Wildman–Crippen MR) is 131 cm³/mol. The number of hydrogen-bond acceptors (Lipinski definition) is 6. The zero-order chi connectivity index (χ0) is 22.6. The number of nitrogens with zero attached hydrogens (tertiary/aromatic N) is 4. The summed E-state index contributed by atoms with van der Waals surface area (Å²) in [4.78, 5) is 14.2. The van der Waals surface area contributed by atoms with E-state index in [4.69, 9.17) is 14.7 Å². The molecule has 0 aliphatic carbocycles. The molecule has 0 radical (unpaired) electrons. The zero-order valence-corrected chi connectivity index (χ0v) is 18.5. The van der Waals surface area contributed by atoms with E-state index in [2.05, 4.69) is 27.2 Å². The molecule has 1 aliphatic heterocycles. The molecule has 3 aromatic carbocycles. The number of para-hydroxylation sites is 1. The van der Waals surface area contributed by atoms with Gasteiger partial charge in [-0.3, -0.25) is 0 Å². The van der Waals surface area contributed by atoms with Crippen molar-refractivity contribution in [1.82, 2.24) is 9.97 Å². The van der Waals surface area contributed by atoms with E-state index in [1.807, 2.05) is 42.5 Å². The number of rotatable bonds is 6. The average Bonchev–Trinajstić information content (AvgIpc) is 2.88. The molecule has 2 heterocycles. The highest BCUT2D eigenvalue weighted by Crippen LogP contribution is 2.27. The summed E-state index contributed by atoms with van der Waals surface area (Å²) in [5, 5.41) is 4.51. The quantitative estimate of drug-likeness (QED) is 0.466. The first kappa shape index (κ1) is 21.0. The minimum absolute atomic E-state index is 0.266. The lowest BCUT2D eigenvalue weighted by Crippen LogP contribution is -2.47. The zero-order valence-electron chi connectivity index (χ0n) is 18.5. The summed E-state index contributed by atoms with van der Waals surface area (Å²) in [5.41, 5.74) is 3.08. The number of methoxy groups -OCH3 is 1. The Kier molecular flexibility index (Phi) is 5.93. The van der Waals surface area contributed by atoms with Crippen LogP contribution in [0.25, 0.3) is 10.9 Å². The molecular weight excluding hydrogens is 417 g/mol. The molecule has 1 aromatic heterocycles. The lowest BCUT2D eigenvalue weighted by Gasteiger charge is -2.36. The number of halogens is 1. The Morgan fingerprint density at radius 3 is 2.39 bits per heavy atom. The van der Waals surface area contributed by atoms with Crippen molar-refractivity contribution in [3.63, 3.8) is 0 Å². The molecule has 1 aliphatic rings. The average molecular weight is 444 g/mol. The highest BCUT2D eigenvalue weighted by atomic mass is 19.1. The van der Waals surface area contributed by atoms with Crippen LogP contribution in [0.3, 0.4) is 0 Å². The van der Waals surface area contributed by atoms with E-state index in [1.54, 1.807) is 12.1 Å². The van der Waals surface area contributed by atoms with Gasteiger partial charge in [-0.05, 0) is 29.8 Å². The highest BCUT2D eigenvalue weighted by molar-refractivity contribution is 5.90. The van der Waals surface area contributed by atoms with Crippen molar-refractivity contribution in [3.8, 4) is 5.75 Å². The van der Waals surface area contributed by atoms with Gasteiger partial charge in [-0.15, -0.1) is 0 Å². The molecule has 6 nitrogen and oxygen atoms in total. The fraction of sp³-hybridized carbons (Fsp3) is 0.231. The molecule has 0 amide bonds. The number of hydrogen-bond donors (Lipinski definition) is 1. The number of benzene rings is 3. The maximum Gasteiger partial charge on any atom is 0.228 e. The predicted octanol–water partition coefficient (Wildman–Crippen LogP) is 4.72. The van der Waals surface area contributed by atoms with Gasteiger partial charge in [-0.2, -0.15) is 4.98 Å². The van der Waals surface area contributed by atoms with Crippen LogP contribution in [-0.2, 0) is 6.54 Å². The Hall–Kier alpha value is -3.87. The Morgan fingerprint density at radius 1 is 0.879 bits per heavy atom. The molecule has 1 fully saturated rings. The van der Waals surface area contributed by atoms with Crippen molar-refractivity contribution in [3.05, 3.63) is 84.2 Å². The maximum atomic E-state index is 13.8. The molecule has 33 heavy (non-hydrogen) atoms. The molecule has 168 valence electrons. The number of nitrogens with one attached hydrogen (secondary N) is 1. The SMILES string of the molecule is COc1cc(N2CCN(c3nc(NCc4ccccc4)c4ccccc4n3)CC2)ccc1F. The van der Waals surface area contributed by atoms with Crippen LogP contribution < -0.4 is 19.9 Å². The summed E-state index contributed by atoms with van der Waals surface area (Å²) in [6.45, 7) is 3.82. The van der Waals surface area contributed by atoms with E-state index in [0.717, 1.165) is 54.5 Å². The van der Waals surface area contributed by atoms with Crippen LogP contribution in [0.5, 0.6) is 5.75 Å². The third-order valence-corrected chi connectivity index (χ3v) is 5.96. The summed E-state index contributed by atoms with van der Waals surface area (Å²) >= 11 is 0. The molecular formula is C26H26FN5O. The van der Waals surface area contributed by atoms with E-state index in [9.17, 15) is 4.39 Å². The maximum absolute atomic E-state index is 13.8. The van der Waals surface area contributed by atoms with Gasteiger partial charge in [0, 0.05) is 49.9 Å². The molecule has 0 saturated carbocycles. The van der Waals surface area contributed by atoms with Gasteiger partial charge in [0.1, 0.15) is 5.82 Å². The minimum atomic E-state index is -0.347. The largest absolute Gasteiger partial charge is 0.494 e. The van der Waals surface area contributed by atoms with Gasteiger partial charge < -0.3 is 19.9 Å². The first-order chi connectivity index (χ1) is 16.2. The van der Waals surface area contributed by atoms with Crippen LogP contribution >= 0.6 is 0 Å². The number of piperazine rings is 1. The van der Waals surface area contributed by atoms with E-state index < -0.39 is 0 Å². The Bertz CT molecular complexity index is 1240. The lowest BCUT2D eigenvalue weighted by atomic mass is 10.2. The second-order valence-electron chi connectivity index (χ2n) is 8.02. The van der Waals surface area contributed by atoms with Crippen LogP contribution in [0.1, 0.15) is 5.56 Å². The van der Waals surface area contributed by atoms with Gasteiger partial charge in [-0.1, -0.05) is 42.5 Å². The Labute approximate surface area is 192 Å². The number of ether oxygens (including phenoxy) is 1. The van der Waals surface area contributed by atoms with E-state index >= 15 is 0 Å². The molecule has 0 spiro atoms. The van der Waals surface area contributed by atoms with Gasteiger partial charge >= 0.3 is 0 Å². The monoisotopic (exact) mass is 443 g/mol. The van der Waals surface area contributed by atoms with Crippen molar-refractivity contribution in [2.45, 2.75) is 6.54 Å². The minimum Gasteiger partial charge on any atom is -0.494 e. The van der Waals surface area contributed by atoms with Gasteiger partial charge in [-0.25, -0.2) is 9.37 Å². The summed E-state index contributed by atoms with van der Waals surface area (Å²) in [6.07, 6.45) is 0. The highest BCUT2D eigenvalue weighted by Gasteiger charge is 2.21. The Morgan fingerprint density at radius 2 is 1.61 bits per heavy atom. The van der Waals surface area contributed by atoms with Gasteiger partial charge in [0.15, 0.2) is 11.6 Å². The third-order valence-electron chi connectivity index (χ3n) is 5.96. The summed E-state index contributed by atoms with van der Waals surface area (Å²) in [5.74, 6) is 1.48. The van der Waals surface area contributed by atoms with Crippen molar-refractivity contribution < 1.29 is 9.13 Å². The van der Waals surface area contributed by atoms with Crippen LogP contribution in [0, 0.1) is 5.82 Å². The van der Waals surface area contributed by atoms with E-state index in [1.165, 1.54) is 18.7 Å². The molecule has 0 unspecified atom stereocenters. The molecule has 0 bridgehead atoms. The second kappa shape index (κ2) is 9.32. The van der Waals surface area contributed by atoms with Crippen molar-refractivity contribution in [2.75, 3.05) is 48.4 Å². The molecule has 1 saturated heterocycles. The van der Waals surface area contributed by atoms with E-state index in [0.29, 0.717) is 6.54 Å². The van der Waals surface area contributed by atoms with Crippen LogP contribution in [0.15, 0.2) is 72.8 Å². The second-order valence-corrected chi connectivity index (χ2v) is 8.02. The van der Waals surface area contributed by atoms with Crippen LogP contribution in [0.2, 0.25) is 0 Å². The molecule has 7 heteroatoms. The molecule has 1 N–H and O–H groups in total. The van der Waals surface area contributed by atoms with Gasteiger partial charge in [0.2, 0.25) is 5.95 Å². The van der Waals surface area contributed by atoms with E-state index in [-0.39, 0.29) is 11.6 Å². The first-order valence-electron chi connectivity index (χ1n) is 11.1. The topological polar surface area (TPSA) is 53.5 Å². The van der Waals surface area contributed by atoms with Gasteiger partial charge in [0.25, 0.3) is 0 Å². The molecule has 0 atom stereocenters. The van der Waals surface area contributed by atoms with Crippen molar-refractivity contribution in [1.29, 1.82) is 0 Å². The first-order valence-corrected chi connectivity index (χ1v) is 11.1. The normalized spacial score (nSPS) is 13.9. The van der Waals surface area contributed by atoms with Crippen molar-refractivity contribution >= 4 is 28.4 Å². The van der Waals surface area contributed by atoms with Crippen molar-refractivity contribution in [2.24, 2.45) is 0 Å². The third kappa shape index (κ3) is 4.53. The fourth-order valence-electron chi connectivity index (χ4n) is 4.13. The van der Waals surface area contributed by atoms with Crippen LogP contribution in [-0.4, -0.2) is 43.3 Å². The number of anilines is 3. The molecule has 5 rings (SSSR count). The smallest absolute Gasteiger partial charge is 0.228 e. The molecule has 4 aromatic rings. The number of aromatic nitrogens is 2. The fourth-order valence-corrected chi connectivity index (χ4v) is 4.13. The summed E-state index contributed by atoms with van der Waals surface area (Å²) in [6, 6.07) is 23.4. The standard InChI is InChI=1S/C26H26FN5O/c1-33-24-17-20(11-12-22(24)27)31-13-15-32(16-14-31)26-29-23-10-6-5-9-21(23)25(30-26)28-18-19-7-3-2-4-8-19/h2-12,17H,13-16,18H2,1H3,(H,28,29,30). The summed E-state index contributed by atoms with van der Waals surface area (Å²) in [7, 11) is 1.49. The number of fused-ring (bicyclic) bond motifs is 1. The summed E-state index contributed by atoms with van der Waals surface area (Å²) < 4.78 is 18.9. The Balaban J connectivity index is 1.35. The lowest BCUT2D eigenvalue weighted by molar-refractivity contribution is 0.386. The van der Waals surface area contributed by atoms with Crippen LogP contribution in [0.4, 0.5) is 21.8 Å². The van der Waals surface area contributed by atoms with Gasteiger partial charge in [0.05, 0.1) is 12.6 Å².